The highest BCUT2D eigenvalue weighted by atomic mass is 79.9. The molecule has 3 rings (SSSR count). The number of benzene rings is 1. The van der Waals surface area contributed by atoms with Gasteiger partial charge in [0.25, 0.3) is 0 Å². The molecule has 0 aromatic heterocycles. The predicted molar refractivity (Wildman–Crippen MR) is 98.0 cm³/mol. The number of morpholine rings is 1. The van der Waals surface area contributed by atoms with Gasteiger partial charge in [-0.25, -0.2) is 0 Å². The lowest BCUT2D eigenvalue weighted by atomic mass is 10.2. The number of fused-ring (bicyclic) bond motifs is 1. The Hall–Kier alpha value is -1.42. The lowest BCUT2D eigenvalue weighted by Crippen LogP contribution is -3.14. The number of nitrogens with zero attached hydrogens (tertiary/aromatic N) is 1. The van der Waals surface area contributed by atoms with Crippen LogP contribution in [0.25, 0.3) is 0 Å². The minimum absolute atomic E-state index is 0.242. The van der Waals surface area contributed by atoms with E-state index in [0.717, 1.165) is 55.2 Å². The van der Waals surface area contributed by atoms with Crippen LogP contribution in [0.2, 0.25) is 0 Å². The van der Waals surface area contributed by atoms with Gasteiger partial charge in [0.2, 0.25) is 6.79 Å². The molecule has 0 amide bonds. The molecule has 2 aliphatic heterocycles. The zero-order valence-corrected chi connectivity index (χ0v) is 15.5. The highest BCUT2D eigenvalue weighted by molar-refractivity contribution is 9.10. The van der Waals surface area contributed by atoms with Gasteiger partial charge in [0.1, 0.15) is 13.1 Å². The molecule has 2 aliphatic rings. The lowest BCUT2D eigenvalue weighted by Gasteiger charge is -2.23. The maximum Gasteiger partial charge on any atom is 0.231 e. The summed E-state index contributed by atoms with van der Waals surface area (Å²) < 4.78 is 16.9. The summed E-state index contributed by atoms with van der Waals surface area (Å²) in [7, 11) is 0. The number of hydrazone groups is 1. The van der Waals surface area contributed by atoms with Crippen molar-refractivity contribution in [2.75, 3.05) is 46.2 Å². The molecule has 2 heterocycles. The Kier molecular flexibility index (Phi) is 6.24. The maximum absolute atomic E-state index is 5.37. The fourth-order valence-electron chi connectivity index (χ4n) is 2.53. The summed E-state index contributed by atoms with van der Waals surface area (Å²) >= 11 is 8.67. The normalized spacial score (nSPS) is 17.2. The first kappa shape index (κ1) is 17.4. The van der Waals surface area contributed by atoms with E-state index in [0.29, 0.717) is 10.9 Å². The van der Waals surface area contributed by atoms with E-state index in [1.165, 1.54) is 4.90 Å². The van der Waals surface area contributed by atoms with Crippen molar-refractivity contribution in [1.29, 1.82) is 0 Å². The molecule has 0 spiro atoms. The molecule has 1 aromatic carbocycles. The summed E-state index contributed by atoms with van der Waals surface area (Å²) in [6.07, 6.45) is 1.69. The molecule has 3 N–H and O–H groups in total. The van der Waals surface area contributed by atoms with E-state index < -0.39 is 0 Å². The zero-order valence-electron chi connectivity index (χ0n) is 13.1. The summed E-state index contributed by atoms with van der Waals surface area (Å²) in [6.45, 7) is 5.86. The van der Waals surface area contributed by atoms with Gasteiger partial charge in [-0.3, -0.25) is 5.43 Å². The molecule has 0 atom stereocenters. The highest BCUT2D eigenvalue weighted by Gasteiger charge is 2.17. The van der Waals surface area contributed by atoms with Gasteiger partial charge in [0, 0.05) is 0 Å². The van der Waals surface area contributed by atoms with Crippen LogP contribution < -0.4 is 25.1 Å². The predicted octanol–water partition coefficient (Wildman–Crippen LogP) is -0.109. The number of hydrogen-bond acceptors (Lipinski definition) is 5. The largest absolute Gasteiger partial charge is 0.454 e. The third-order valence-corrected chi connectivity index (χ3v) is 4.62. The van der Waals surface area contributed by atoms with Gasteiger partial charge in [-0.05, 0) is 45.8 Å². The quantitative estimate of drug-likeness (QED) is 0.354. The van der Waals surface area contributed by atoms with Gasteiger partial charge in [0.15, 0.2) is 16.6 Å². The third kappa shape index (κ3) is 4.79. The Bertz CT molecular complexity index is 623. The van der Waals surface area contributed by atoms with Gasteiger partial charge in [-0.2, -0.15) is 5.10 Å². The molecule has 0 bridgehead atoms. The molecular formula is C15H20BrN4O3S+. The van der Waals surface area contributed by atoms with E-state index >= 15 is 0 Å². The van der Waals surface area contributed by atoms with E-state index in [2.05, 4.69) is 31.8 Å². The van der Waals surface area contributed by atoms with Gasteiger partial charge in [-0.1, -0.05) is 0 Å². The van der Waals surface area contributed by atoms with Crippen LogP contribution in [-0.4, -0.2) is 57.5 Å². The van der Waals surface area contributed by atoms with Crippen molar-refractivity contribution in [3.8, 4) is 11.5 Å². The van der Waals surface area contributed by atoms with Crippen molar-refractivity contribution >= 4 is 39.5 Å². The molecule has 1 aromatic rings. The van der Waals surface area contributed by atoms with Crippen LogP contribution in [0, 0.1) is 0 Å². The average molecular weight is 416 g/mol. The Balaban J connectivity index is 1.41. The van der Waals surface area contributed by atoms with Crippen molar-refractivity contribution in [3.63, 3.8) is 0 Å². The molecule has 24 heavy (non-hydrogen) atoms. The molecule has 9 heteroatoms. The first-order chi connectivity index (χ1) is 11.7. The van der Waals surface area contributed by atoms with Gasteiger partial charge >= 0.3 is 0 Å². The van der Waals surface area contributed by atoms with Crippen molar-refractivity contribution in [1.82, 2.24) is 10.7 Å². The standard InChI is InChI=1S/C15H19BrN4O3S/c16-12-7-11(8-13-14(12)23-10-22-13)9-18-19-15(24)17-1-2-20-3-5-21-6-4-20/h7-9H,1-6,10H2,(H2,17,19,24)/p+1/b18-9-. The van der Waals surface area contributed by atoms with Crippen molar-refractivity contribution in [3.05, 3.63) is 22.2 Å². The minimum atomic E-state index is 0.242. The smallest absolute Gasteiger partial charge is 0.231 e. The molecule has 0 saturated carbocycles. The monoisotopic (exact) mass is 415 g/mol. The fourth-order valence-corrected chi connectivity index (χ4v) is 3.26. The summed E-state index contributed by atoms with van der Waals surface area (Å²) in [5.74, 6) is 1.43. The van der Waals surface area contributed by atoms with Gasteiger partial charge in [0.05, 0.1) is 37.0 Å². The van der Waals surface area contributed by atoms with E-state index in [1.54, 1.807) is 6.21 Å². The molecule has 1 saturated heterocycles. The Labute approximate surface area is 154 Å². The van der Waals surface area contributed by atoms with E-state index in [-0.39, 0.29) is 6.79 Å². The minimum Gasteiger partial charge on any atom is -0.454 e. The zero-order chi connectivity index (χ0) is 16.8. The number of rotatable bonds is 5. The van der Waals surface area contributed by atoms with Crippen molar-refractivity contribution in [2.24, 2.45) is 5.10 Å². The first-order valence-electron chi connectivity index (χ1n) is 7.80. The van der Waals surface area contributed by atoms with E-state index in [4.69, 9.17) is 26.4 Å². The second-order valence-electron chi connectivity index (χ2n) is 5.47. The van der Waals surface area contributed by atoms with Gasteiger partial charge in [-0.15, -0.1) is 0 Å². The number of nitrogens with one attached hydrogen (secondary N) is 3. The summed E-state index contributed by atoms with van der Waals surface area (Å²) in [6, 6.07) is 3.79. The van der Waals surface area contributed by atoms with Crippen LogP contribution in [-0.2, 0) is 4.74 Å². The molecule has 0 aliphatic carbocycles. The third-order valence-electron chi connectivity index (χ3n) is 3.79. The number of ether oxygens (including phenoxy) is 3. The maximum atomic E-state index is 5.37. The van der Waals surface area contributed by atoms with Crippen LogP contribution in [0.4, 0.5) is 0 Å². The van der Waals surface area contributed by atoms with Crippen molar-refractivity contribution < 1.29 is 19.1 Å². The van der Waals surface area contributed by atoms with Crippen LogP contribution in [0.15, 0.2) is 21.7 Å². The molecule has 7 nitrogen and oxygen atoms in total. The summed E-state index contributed by atoms with van der Waals surface area (Å²) in [5.41, 5.74) is 3.71. The molecule has 1 fully saturated rings. The molecular weight excluding hydrogens is 396 g/mol. The highest BCUT2D eigenvalue weighted by Crippen LogP contribution is 2.39. The van der Waals surface area contributed by atoms with Crippen LogP contribution in [0.5, 0.6) is 11.5 Å². The molecule has 0 unspecified atom stereocenters. The number of quaternary nitrogens is 1. The number of hydrogen-bond donors (Lipinski definition) is 3. The fraction of sp³-hybridized carbons (Fsp3) is 0.467. The number of thiocarbonyl (C=S) groups is 1. The van der Waals surface area contributed by atoms with Crippen molar-refractivity contribution in [2.45, 2.75) is 0 Å². The second-order valence-corrected chi connectivity index (χ2v) is 6.74. The number of halogens is 1. The van der Waals surface area contributed by atoms with Crippen LogP contribution in [0.1, 0.15) is 5.56 Å². The molecule has 130 valence electrons. The van der Waals surface area contributed by atoms with E-state index in [1.807, 2.05) is 12.1 Å². The summed E-state index contributed by atoms with van der Waals surface area (Å²) in [4.78, 5) is 1.53. The topological polar surface area (TPSA) is 68.5 Å². The molecule has 0 radical (unpaired) electrons. The SMILES string of the molecule is S=C(NCC[NH+]1CCOCC1)N/N=C\c1cc(Br)c2c(c1)OCO2. The first-order valence-corrected chi connectivity index (χ1v) is 9.00. The van der Waals surface area contributed by atoms with Crippen LogP contribution in [0.3, 0.4) is 0 Å². The lowest BCUT2D eigenvalue weighted by molar-refractivity contribution is -0.906. The van der Waals surface area contributed by atoms with Gasteiger partial charge < -0.3 is 24.4 Å². The Morgan fingerprint density at radius 3 is 3.00 bits per heavy atom. The van der Waals surface area contributed by atoms with E-state index in [9.17, 15) is 0 Å². The summed E-state index contributed by atoms with van der Waals surface area (Å²) in [5, 5.41) is 7.82. The average Bonchev–Trinajstić information content (AvgIpc) is 3.05. The Morgan fingerprint density at radius 2 is 2.17 bits per heavy atom. The second kappa shape index (κ2) is 8.61. The van der Waals surface area contributed by atoms with Crippen LogP contribution >= 0.6 is 28.1 Å². The Morgan fingerprint density at radius 1 is 1.33 bits per heavy atom.